The Balaban J connectivity index is 2.68. The van der Waals surface area contributed by atoms with E-state index in [0.29, 0.717) is 5.41 Å². The van der Waals surface area contributed by atoms with Gasteiger partial charge in [0.2, 0.25) is 0 Å². The maximum absolute atomic E-state index is 3.84. The number of aliphatic imine (C=N–C) groups is 1. The molecule has 0 saturated heterocycles. The monoisotopic (exact) mass is 165 g/mol. The number of nitrogens with zero attached hydrogens (tertiary/aromatic N) is 1. The lowest BCUT2D eigenvalue weighted by Crippen LogP contribution is -2.21. The van der Waals surface area contributed by atoms with E-state index >= 15 is 0 Å². The van der Waals surface area contributed by atoms with Crippen molar-refractivity contribution in [3.05, 3.63) is 11.8 Å². The summed E-state index contributed by atoms with van der Waals surface area (Å²) in [6, 6.07) is 0. The van der Waals surface area contributed by atoms with Crippen LogP contribution in [0.4, 0.5) is 0 Å². The third-order valence-corrected chi connectivity index (χ3v) is 3.19. The molecular formula is C11H19N. The van der Waals surface area contributed by atoms with Crippen molar-refractivity contribution in [2.75, 3.05) is 0 Å². The molecule has 0 unspecified atom stereocenters. The second kappa shape index (κ2) is 3.88. The molecule has 1 aliphatic carbocycles. The molecule has 0 atom stereocenters. The molecule has 0 spiro atoms. The summed E-state index contributed by atoms with van der Waals surface area (Å²) >= 11 is 0. The summed E-state index contributed by atoms with van der Waals surface area (Å²) in [5.74, 6) is 0. The highest BCUT2D eigenvalue weighted by Crippen LogP contribution is 2.41. The molecule has 0 N–H and O–H groups in total. The average molecular weight is 165 g/mol. The Morgan fingerprint density at radius 3 is 2.42 bits per heavy atom. The van der Waals surface area contributed by atoms with Crippen molar-refractivity contribution in [3.8, 4) is 0 Å². The van der Waals surface area contributed by atoms with Gasteiger partial charge in [-0.1, -0.05) is 26.2 Å². The van der Waals surface area contributed by atoms with Gasteiger partial charge in [0.05, 0.1) is 0 Å². The van der Waals surface area contributed by atoms with Gasteiger partial charge in [0.15, 0.2) is 0 Å². The molecule has 0 aromatic heterocycles. The smallest absolute Gasteiger partial charge is 0.0255 e. The summed E-state index contributed by atoms with van der Waals surface area (Å²) in [5, 5.41) is 0. The van der Waals surface area contributed by atoms with Gasteiger partial charge in [0.1, 0.15) is 0 Å². The van der Waals surface area contributed by atoms with Gasteiger partial charge in [-0.05, 0) is 37.5 Å². The normalized spacial score (nSPS) is 23.7. The van der Waals surface area contributed by atoms with Crippen LogP contribution in [-0.4, -0.2) is 6.72 Å². The summed E-state index contributed by atoms with van der Waals surface area (Å²) < 4.78 is 0. The van der Waals surface area contributed by atoms with Crippen LogP contribution >= 0.6 is 0 Å². The molecule has 1 fully saturated rings. The zero-order valence-electron chi connectivity index (χ0n) is 8.27. The van der Waals surface area contributed by atoms with E-state index in [2.05, 4.69) is 25.6 Å². The molecule has 1 heteroatoms. The molecule has 0 aromatic carbocycles. The lowest BCUT2D eigenvalue weighted by Gasteiger charge is -2.34. The molecule has 12 heavy (non-hydrogen) atoms. The van der Waals surface area contributed by atoms with Crippen LogP contribution in [0.15, 0.2) is 16.8 Å². The number of allylic oxidation sites excluding steroid dienone is 1. The first-order valence-electron chi connectivity index (χ1n) is 4.82. The zero-order valence-corrected chi connectivity index (χ0v) is 8.27. The molecule has 0 aromatic rings. The van der Waals surface area contributed by atoms with Gasteiger partial charge in [-0.2, -0.15) is 0 Å². The molecule has 0 radical (unpaired) electrons. The molecule has 1 nitrogen and oxygen atoms in total. The molecule has 1 aliphatic rings. The average Bonchev–Trinajstić information content (AvgIpc) is 2.06. The van der Waals surface area contributed by atoms with Crippen LogP contribution in [0.2, 0.25) is 0 Å². The highest BCUT2D eigenvalue weighted by Gasteiger charge is 2.27. The van der Waals surface area contributed by atoms with E-state index in [1.807, 2.05) is 6.20 Å². The van der Waals surface area contributed by atoms with Gasteiger partial charge >= 0.3 is 0 Å². The van der Waals surface area contributed by atoms with Crippen LogP contribution in [0.5, 0.6) is 0 Å². The number of hydrogen-bond acceptors (Lipinski definition) is 1. The van der Waals surface area contributed by atoms with E-state index in [1.54, 1.807) is 0 Å². The molecule has 0 heterocycles. The summed E-state index contributed by atoms with van der Waals surface area (Å²) in [4.78, 5) is 3.84. The standard InChI is InChI=1S/C11H19N/c1-10(9-12-3)11(2)7-5-4-6-8-11/h9H,3-8H2,1-2H3/b10-9+. The third kappa shape index (κ3) is 1.96. The Morgan fingerprint density at radius 1 is 1.33 bits per heavy atom. The van der Waals surface area contributed by atoms with Crippen LogP contribution in [-0.2, 0) is 0 Å². The first-order valence-corrected chi connectivity index (χ1v) is 4.82. The van der Waals surface area contributed by atoms with Crippen molar-refractivity contribution in [1.82, 2.24) is 0 Å². The quantitative estimate of drug-likeness (QED) is 0.555. The van der Waals surface area contributed by atoms with E-state index in [0.717, 1.165) is 0 Å². The van der Waals surface area contributed by atoms with Gasteiger partial charge in [-0.25, -0.2) is 0 Å². The van der Waals surface area contributed by atoms with Crippen LogP contribution < -0.4 is 0 Å². The Bertz CT molecular complexity index is 185. The highest BCUT2D eigenvalue weighted by molar-refractivity contribution is 5.27. The Hall–Kier alpha value is -0.590. The third-order valence-electron chi connectivity index (χ3n) is 3.19. The lowest BCUT2D eigenvalue weighted by molar-refractivity contribution is 0.267. The van der Waals surface area contributed by atoms with Crippen LogP contribution in [0, 0.1) is 5.41 Å². The number of hydrogen-bond donors (Lipinski definition) is 0. The fourth-order valence-corrected chi connectivity index (χ4v) is 2.02. The molecular weight excluding hydrogens is 146 g/mol. The SMILES string of the molecule is C=N/C=C(\C)C1(C)CCCCC1. The minimum atomic E-state index is 0.416. The Morgan fingerprint density at radius 2 is 1.92 bits per heavy atom. The predicted octanol–water partition coefficient (Wildman–Crippen LogP) is 3.56. The van der Waals surface area contributed by atoms with E-state index in [1.165, 1.54) is 37.7 Å². The fraction of sp³-hybridized carbons (Fsp3) is 0.727. The Kier molecular flexibility index (Phi) is 3.07. The summed E-state index contributed by atoms with van der Waals surface area (Å²) in [6.07, 6.45) is 8.73. The summed E-state index contributed by atoms with van der Waals surface area (Å²) in [5.41, 5.74) is 1.82. The predicted molar refractivity (Wildman–Crippen MR) is 54.5 cm³/mol. The molecule has 1 rings (SSSR count). The van der Waals surface area contributed by atoms with E-state index < -0.39 is 0 Å². The summed E-state index contributed by atoms with van der Waals surface area (Å²) in [6.45, 7) is 8.03. The van der Waals surface area contributed by atoms with E-state index in [9.17, 15) is 0 Å². The maximum Gasteiger partial charge on any atom is 0.0255 e. The lowest BCUT2D eigenvalue weighted by atomic mass is 9.71. The van der Waals surface area contributed by atoms with Gasteiger partial charge in [-0.3, -0.25) is 4.99 Å². The van der Waals surface area contributed by atoms with Crippen LogP contribution in [0.1, 0.15) is 46.0 Å². The highest BCUT2D eigenvalue weighted by atomic mass is 14.6. The first kappa shape index (κ1) is 9.50. The van der Waals surface area contributed by atoms with Gasteiger partial charge in [0.25, 0.3) is 0 Å². The molecule has 0 bridgehead atoms. The van der Waals surface area contributed by atoms with Gasteiger partial charge in [-0.15, -0.1) is 0 Å². The van der Waals surface area contributed by atoms with Crippen molar-refractivity contribution in [2.24, 2.45) is 10.4 Å². The number of rotatable bonds is 2. The van der Waals surface area contributed by atoms with Crippen molar-refractivity contribution in [1.29, 1.82) is 0 Å². The maximum atomic E-state index is 3.84. The second-order valence-electron chi connectivity index (χ2n) is 4.12. The second-order valence-corrected chi connectivity index (χ2v) is 4.12. The van der Waals surface area contributed by atoms with Gasteiger partial charge < -0.3 is 0 Å². The minimum Gasteiger partial charge on any atom is -0.273 e. The van der Waals surface area contributed by atoms with Crippen LogP contribution in [0.3, 0.4) is 0 Å². The molecule has 1 saturated carbocycles. The minimum absolute atomic E-state index is 0.416. The van der Waals surface area contributed by atoms with Gasteiger partial charge in [0, 0.05) is 6.20 Å². The van der Waals surface area contributed by atoms with Crippen molar-refractivity contribution in [2.45, 2.75) is 46.0 Å². The van der Waals surface area contributed by atoms with E-state index in [4.69, 9.17) is 0 Å². The van der Waals surface area contributed by atoms with Crippen molar-refractivity contribution >= 4 is 6.72 Å². The van der Waals surface area contributed by atoms with Crippen molar-refractivity contribution < 1.29 is 0 Å². The van der Waals surface area contributed by atoms with Crippen LogP contribution in [0.25, 0.3) is 0 Å². The topological polar surface area (TPSA) is 12.4 Å². The van der Waals surface area contributed by atoms with E-state index in [-0.39, 0.29) is 0 Å². The molecule has 0 aliphatic heterocycles. The zero-order chi connectivity index (χ0) is 9.03. The van der Waals surface area contributed by atoms with Crippen molar-refractivity contribution in [3.63, 3.8) is 0 Å². The largest absolute Gasteiger partial charge is 0.273 e. The fourth-order valence-electron chi connectivity index (χ4n) is 2.02. The molecule has 68 valence electrons. The summed E-state index contributed by atoms with van der Waals surface area (Å²) in [7, 11) is 0. The Labute approximate surface area is 75.6 Å². The first-order chi connectivity index (χ1) is 5.69. The molecule has 0 amide bonds.